The van der Waals surface area contributed by atoms with Gasteiger partial charge in [0.2, 0.25) is 0 Å². The number of sulfone groups is 1. The second-order valence-corrected chi connectivity index (χ2v) is 10.0. The van der Waals surface area contributed by atoms with Crippen molar-refractivity contribution in [1.29, 1.82) is 0 Å². The number of nitrogens with zero attached hydrogens (tertiary/aromatic N) is 1. The Kier molecular flexibility index (Phi) is 5.28. The predicted molar refractivity (Wildman–Crippen MR) is 103 cm³/mol. The molecule has 0 aliphatic heterocycles. The highest BCUT2D eigenvalue weighted by Gasteiger charge is 2.46. The van der Waals surface area contributed by atoms with Gasteiger partial charge < -0.3 is 10.6 Å². The van der Waals surface area contributed by atoms with E-state index in [1.807, 2.05) is 19.1 Å². The van der Waals surface area contributed by atoms with Gasteiger partial charge in [-0.15, -0.1) is 0 Å². The molecular weight excluding hydrogens is 353 g/mol. The van der Waals surface area contributed by atoms with Crippen molar-refractivity contribution in [2.24, 2.45) is 10.4 Å². The lowest BCUT2D eigenvalue weighted by atomic mass is 9.95. The number of hydrogen-bond acceptors (Lipinski definition) is 3. The number of halogens is 1. The van der Waals surface area contributed by atoms with Crippen LogP contribution in [-0.4, -0.2) is 46.0 Å². The molecule has 2 saturated carbocycles. The molecule has 2 fully saturated rings. The molecule has 0 saturated heterocycles. The van der Waals surface area contributed by atoms with Crippen LogP contribution in [0.3, 0.4) is 0 Å². The Morgan fingerprint density at radius 1 is 1.19 bits per heavy atom. The lowest BCUT2D eigenvalue weighted by Crippen LogP contribution is -2.42. The summed E-state index contributed by atoms with van der Waals surface area (Å²) in [5.74, 6) is 0.718. The Hall–Kier alpha value is -1.63. The highest BCUT2D eigenvalue weighted by atomic mass is 32.2. The monoisotopic (exact) mass is 381 g/mol. The molecule has 2 aliphatic rings. The third-order valence-electron chi connectivity index (χ3n) is 5.34. The van der Waals surface area contributed by atoms with Crippen LogP contribution in [0.4, 0.5) is 4.39 Å². The van der Waals surface area contributed by atoms with E-state index in [4.69, 9.17) is 0 Å². The van der Waals surface area contributed by atoms with E-state index < -0.39 is 9.84 Å². The average molecular weight is 382 g/mol. The lowest BCUT2D eigenvalue weighted by molar-refractivity contribution is 0.546. The molecule has 0 spiro atoms. The molecule has 3 rings (SSSR count). The third-order valence-corrected chi connectivity index (χ3v) is 6.47. The van der Waals surface area contributed by atoms with Crippen molar-refractivity contribution >= 4 is 15.8 Å². The third kappa shape index (κ3) is 4.75. The van der Waals surface area contributed by atoms with Crippen molar-refractivity contribution < 1.29 is 12.8 Å². The van der Waals surface area contributed by atoms with Gasteiger partial charge in [-0.1, -0.05) is 18.2 Å². The minimum Gasteiger partial charge on any atom is -0.357 e. The first kappa shape index (κ1) is 19.1. The van der Waals surface area contributed by atoms with Gasteiger partial charge in [0, 0.05) is 36.7 Å². The molecule has 2 N–H and O–H groups in total. The molecule has 7 heteroatoms. The van der Waals surface area contributed by atoms with Crippen LogP contribution in [0.5, 0.6) is 0 Å². The number of hydrogen-bond donors (Lipinski definition) is 2. The summed E-state index contributed by atoms with van der Waals surface area (Å²) in [7, 11) is -3.00. The van der Waals surface area contributed by atoms with Crippen molar-refractivity contribution in [2.75, 3.05) is 31.6 Å². The molecule has 0 atom stereocenters. The maximum atomic E-state index is 14.1. The number of nitrogens with one attached hydrogen (secondary N) is 2. The minimum atomic E-state index is -3.00. The summed E-state index contributed by atoms with van der Waals surface area (Å²) >= 11 is 0. The fourth-order valence-corrected chi connectivity index (χ4v) is 5.00. The van der Waals surface area contributed by atoms with Crippen molar-refractivity contribution in [3.05, 3.63) is 35.6 Å². The van der Waals surface area contributed by atoms with Gasteiger partial charge in [-0.25, -0.2) is 12.8 Å². The van der Waals surface area contributed by atoms with E-state index in [-0.39, 0.29) is 22.4 Å². The van der Waals surface area contributed by atoms with Crippen LogP contribution in [0, 0.1) is 11.2 Å². The minimum absolute atomic E-state index is 0.154. The fraction of sp³-hybridized carbons (Fsp3) is 0.632. The molecule has 0 radical (unpaired) electrons. The molecule has 0 unspecified atom stereocenters. The zero-order valence-electron chi connectivity index (χ0n) is 15.5. The molecule has 2 aliphatic carbocycles. The van der Waals surface area contributed by atoms with Crippen molar-refractivity contribution in [3.8, 4) is 0 Å². The maximum absolute atomic E-state index is 14.1. The molecular formula is C19H28FN3O2S. The van der Waals surface area contributed by atoms with Crippen LogP contribution < -0.4 is 10.6 Å². The normalized spacial score (nSPS) is 20.5. The van der Waals surface area contributed by atoms with Gasteiger partial charge in [-0.3, -0.25) is 4.99 Å². The first-order chi connectivity index (χ1) is 12.3. The topological polar surface area (TPSA) is 70.6 Å². The molecule has 0 aromatic heterocycles. The van der Waals surface area contributed by atoms with E-state index in [0.717, 1.165) is 37.8 Å². The van der Waals surface area contributed by atoms with Crippen LogP contribution >= 0.6 is 0 Å². The summed E-state index contributed by atoms with van der Waals surface area (Å²) in [5.41, 5.74) is 0.406. The largest absolute Gasteiger partial charge is 0.357 e. The zero-order chi connectivity index (χ0) is 18.8. The van der Waals surface area contributed by atoms with E-state index >= 15 is 0 Å². The SMILES string of the molecule is CCNC(=NCC1(CS(C)(=O)=O)CC1)NCC1(c2ccccc2F)CC1. The first-order valence-electron chi connectivity index (χ1n) is 9.23. The summed E-state index contributed by atoms with van der Waals surface area (Å²) in [6.45, 7) is 3.84. The molecule has 5 nitrogen and oxygen atoms in total. The van der Waals surface area contributed by atoms with Crippen LogP contribution in [-0.2, 0) is 15.3 Å². The van der Waals surface area contributed by atoms with Crippen molar-refractivity contribution in [2.45, 2.75) is 38.0 Å². The quantitative estimate of drug-likeness (QED) is 0.535. The number of guanidine groups is 1. The smallest absolute Gasteiger partial charge is 0.191 e. The summed E-state index contributed by atoms with van der Waals surface area (Å²) in [6.07, 6.45) is 5.01. The predicted octanol–water partition coefficient (Wildman–Crippen LogP) is 2.24. The molecule has 1 aromatic rings. The Balaban J connectivity index is 1.63. The number of benzene rings is 1. The molecule has 0 heterocycles. The second kappa shape index (κ2) is 7.18. The van der Waals surface area contributed by atoms with Gasteiger partial charge >= 0.3 is 0 Å². The zero-order valence-corrected chi connectivity index (χ0v) is 16.3. The molecule has 26 heavy (non-hydrogen) atoms. The van der Waals surface area contributed by atoms with Crippen LogP contribution in [0.2, 0.25) is 0 Å². The molecule has 1 aromatic carbocycles. The van der Waals surface area contributed by atoms with Crippen LogP contribution in [0.25, 0.3) is 0 Å². The summed E-state index contributed by atoms with van der Waals surface area (Å²) in [5, 5.41) is 6.54. The Morgan fingerprint density at radius 3 is 2.42 bits per heavy atom. The summed E-state index contributed by atoms with van der Waals surface area (Å²) in [4.78, 5) is 4.61. The molecule has 0 bridgehead atoms. The molecule has 0 amide bonds. The standard InChI is InChI=1S/C19H28FN3O2S/c1-3-21-17(22-12-18(8-9-18)14-26(2,24)25)23-13-19(10-11-19)15-6-4-5-7-16(15)20/h4-7H,3,8-14H2,1-2H3,(H2,21,22,23). The van der Waals surface area contributed by atoms with E-state index in [0.29, 0.717) is 19.0 Å². The second-order valence-electron chi connectivity index (χ2n) is 7.88. The van der Waals surface area contributed by atoms with Gasteiger partial charge in [0.15, 0.2) is 5.96 Å². The van der Waals surface area contributed by atoms with E-state index in [2.05, 4.69) is 15.6 Å². The van der Waals surface area contributed by atoms with Gasteiger partial charge in [0.25, 0.3) is 0 Å². The Morgan fingerprint density at radius 2 is 1.88 bits per heavy atom. The van der Waals surface area contributed by atoms with Gasteiger partial charge in [0.05, 0.1) is 5.75 Å². The van der Waals surface area contributed by atoms with Crippen LogP contribution in [0.15, 0.2) is 29.3 Å². The van der Waals surface area contributed by atoms with Crippen molar-refractivity contribution in [3.63, 3.8) is 0 Å². The van der Waals surface area contributed by atoms with Gasteiger partial charge in [-0.2, -0.15) is 0 Å². The maximum Gasteiger partial charge on any atom is 0.191 e. The van der Waals surface area contributed by atoms with Gasteiger partial charge in [-0.05, 0) is 44.2 Å². The van der Waals surface area contributed by atoms with Crippen LogP contribution in [0.1, 0.15) is 38.2 Å². The highest BCUT2D eigenvalue weighted by Crippen LogP contribution is 2.48. The first-order valence-corrected chi connectivity index (χ1v) is 11.3. The summed E-state index contributed by atoms with van der Waals surface area (Å²) in [6, 6.07) is 6.96. The fourth-order valence-electron chi connectivity index (χ4n) is 3.51. The number of aliphatic imine (C=N–C) groups is 1. The Labute approximate surface area is 155 Å². The number of rotatable bonds is 8. The Bertz CT molecular complexity index is 784. The van der Waals surface area contributed by atoms with Gasteiger partial charge in [0.1, 0.15) is 15.7 Å². The van der Waals surface area contributed by atoms with E-state index in [1.165, 1.54) is 12.3 Å². The average Bonchev–Trinajstić information content (AvgIpc) is 3.47. The van der Waals surface area contributed by atoms with Crippen molar-refractivity contribution in [1.82, 2.24) is 10.6 Å². The van der Waals surface area contributed by atoms with E-state index in [1.54, 1.807) is 6.07 Å². The lowest BCUT2D eigenvalue weighted by Gasteiger charge is -2.20. The summed E-state index contributed by atoms with van der Waals surface area (Å²) < 4.78 is 37.3. The van der Waals surface area contributed by atoms with E-state index in [9.17, 15) is 12.8 Å². The highest BCUT2D eigenvalue weighted by molar-refractivity contribution is 7.90. The molecule has 144 valence electrons.